The Labute approximate surface area is 178 Å². The molecule has 8 nitrogen and oxygen atoms in total. The van der Waals surface area contributed by atoms with Gasteiger partial charge in [0.1, 0.15) is 0 Å². The molecule has 3 aromatic rings. The molecule has 1 N–H and O–H groups in total. The molecule has 3 heterocycles. The van der Waals surface area contributed by atoms with Crippen LogP contribution in [-0.4, -0.2) is 50.3 Å². The van der Waals surface area contributed by atoms with Crippen molar-refractivity contribution in [1.29, 1.82) is 0 Å². The first-order valence-corrected chi connectivity index (χ1v) is 10.7. The predicted octanol–water partition coefficient (Wildman–Crippen LogP) is 3.48. The summed E-state index contributed by atoms with van der Waals surface area (Å²) in [4.78, 5) is 28.6. The third-order valence-electron chi connectivity index (χ3n) is 4.89. The van der Waals surface area contributed by atoms with Crippen molar-refractivity contribution in [2.24, 2.45) is 18.1 Å². The van der Waals surface area contributed by atoms with E-state index in [-0.39, 0.29) is 17.1 Å². The summed E-state index contributed by atoms with van der Waals surface area (Å²) >= 11 is 1.21. The number of aromatic nitrogens is 2. The second-order valence-electron chi connectivity index (χ2n) is 7.35. The van der Waals surface area contributed by atoms with Gasteiger partial charge in [-0.15, -0.1) is 0 Å². The number of hydrazone groups is 1. The normalized spacial score (nSPS) is 14.5. The number of furan rings is 1. The highest BCUT2D eigenvalue weighted by molar-refractivity contribution is 8.14. The van der Waals surface area contributed by atoms with E-state index in [9.17, 15) is 9.59 Å². The third-order valence-corrected chi connectivity index (χ3v) is 5.76. The van der Waals surface area contributed by atoms with Crippen LogP contribution in [0, 0.1) is 5.92 Å². The van der Waals surface area contributed by atoms with Crippen LogP contribution in [0.3, 0.4) is 0 Å². The molecular weight excluding hydrogens is 402 g/mol. The number of amides is 2. The fraction of sp³-hybridized carbons (Fsp3) is 0.333. The average Bonchev–Trinajstić information content (AvgIpc) is 3.37. The van der Waals surface area contributed by atoms with Crippen LogP contribution in [0.15, 0.2) is 46.1 Å². The quantitative estimate of drug-likeness (QED) is 0.653. The van der Waals surface area contributed by atoms with Crippen LogP contribution in [0.25, 0.3) is 22.6 Å². The van der Waals surface area contributed by atoms with E-state index in [0.717, 1.165) is 28.1 Å². The van der Waals surface area contributed by atoms with Crippen molar-refractivity contribution >= 4 is 39.7 Å². The van der Waals surface area contributed by atoms with Crippen molar-refractivity contribution in [2.45, 2.75) is 13.8 Å². The molecule has 1 aliphatic rings. The van der Waals surface area contributed by atoms with Gasteiger partial charge in [-0.05, 0) is 24.3 Å². The van der Waals surface area contributed by atoms with Gasteiger partial charge in [-0.3, -0.25) is 9.59 Å². The number of carbonyl (C=O) groups excluding carboxylic acids is 2. The van der Waals surface area contributed by atoms with Gasteiger partial charge in [-0.1, -0.05) is 31.7 Å². The van der Waals surface area contributed by atoms with E-state index in [1.54, 1.807) is 6.26 Å². The summed E-state index contributed by atoms with van der Waals surface area (Å²) in [7, 11) is 1.95. The van der Waals surface area contributed by atoms with Crippen molar-refractivity contribution in [3.8, 4) is 11.6 Å². The highest BCUT2D eigenvalue weighted by atomic mass is 32.2. The molecule has 156 valence electrons. The molecule has 0 aliphatic carbocycles. The number of thioether (sulfide) groups is 1. The van der Waals surface area contributed by atoms with Crippen LogP contribution in [0.2, 0.25) is 0 Å². The molecule has 30 heavy (non-hydrogen) atoms. The van der Waals surface area contributed by atoms with Gasteiger partial charge in [-0.2, -0.15) is 5.10 Å². The SMILES string of the molecule is CC(C)C(=O)NCCN1N=C(c2ccc3c(c2)nc(-c2ccco2)n3C)CSC1=O. The molecule has 4 rings (SSSR count). The van der Waals surface area contributed by atoms with Crippen LogP contribution < -0.4 is 5.32 Å². The lowest BCUT2D eigenvalue weighted by Crippen LogP contribution is -2.38. The number of nitrogens with zero attached hydrogens (tertiary/aromatic N) is 4. The van der Waals surface area contributed by atoms with Crippen molar-refractivity contribution in [3.63, 3.8) is 0 Å². The van der Waals surface area contributed by atoms with Crippen molar-refractivity contribution in [1.82, 2.24) is 19.9 Å². The molecule has 0 unspecified atom stereocenters. The van der Waals surface area contributed by atoms with Gasteiger partial charge in [0.25, 0.3) is 0 Å². The van der Waals surface area contributed by atoms with Crippen LogP contribution in [0.1, 0.15) is 19.4 Å². The molecule has 0 fully saturated rings. The van der Waals surface area contributed by atoms with Crippen molar-refractivity contribution < 1.29 is 14.0 Å². The first-order valence-electron chi connectivity index (χ1n) is 9.74. The molecule has 1 aliphatic heterocycles. The highest BCUT2D eigenvalue weighted by Gasteiger charge is 2.23. The summed E-state index contributed by atoms with van der Waals surface area (Å²) in [5, 5.41) is 8.66. The maximum Gasteiger partial charge on any atom is 0.302 e. The van der Waals surface area contributed by atoms with E-state index in [4.69, 9.17) is 9.40 Å². The lowest BCUT2D eigenvalue weighted by Gasteiger charge is -2.23. The van der Waals surface area contributed by atoms with Gasteiger partial charge in [-0.25, -0.2) is 9.99 Å². The zero-order valence-corrected chi connectivity index (χ0v) is 17.9. The molecule has 0 atom stereocenters. The Kier molecular flexibility index (Phi) is 5.63. The van der Waals surface area contributed by atoms with Gasteiger partial charge in [0, 0.05) is 30.8 Å². The Morgan fingerprint density at radius 1 is 1.33 bits per heavy atom. The first-order chi connectivity index (χ1) is 14.4. The Balaban J connectivity index is 1.56. The van der Waals surface area contributed by atoms with E-state index in [1.807, 2.05) is 55.8 Å². The molecule has 2 amide bonds. The maximum absolute atomic E-state index is 12.2. The second kappa shape index (κ2) is 8.35. The fourth-order valence-electron chi connectivity index (χ4n) is 3.20. The number of rotatable bonds is 6. The number of carbonyl (C=O) groups is 2. The van der Waals surface area contributed by atoms with Gasteiger partial charge in [0.2, 0.25) is 5.91 Å². The van der Waals surface area contributed by atoms with Crippen LogP contribution >= 0.6 is 11.8 Å². The van der Waals surface area contributed by atoms with Crippen LogP contribution in [-0.2, 0) is 11.8 Å². The van der Waals surface area contributed by atoms with Crippen molar-refractivity contribution in [3.05, 3.63) is 42.2 Å². The van der Waals surface area contributed by atoms with Gasteiger partial charge in [0.05, 0.1) is 29.6 Å². The lowest BCUT2D eigenvalue weighted by atomic mass is 10.1. The number of hydrogen-bond donors (Lipinski definition) is 1. The summed E-state index contributed by atoms with van der Waals surface area (Å²) in [6.07, 6.45) is 1.63. The van der Waals surface area contributed by atoms with Crippen LogP contribution in [0.5, 0.6) is 0 Å². The minimum atomic E-state index is -0.114. The summed E-state index contributed by atoms with van der Waals surface area (Å²) in [5.74, 6) is 1.83. The largest absolute Gasteiger partial charge is 0.461 e. The Morgan fingerprint density at radius 3 is 2.90 bits per heavy atom. The average molecular weight is 426 g/mol. The predicted molar refractivity (Wildman–Crippen MR) is 117 cm³/mol. The molecule has 0 bridgehead atoms. The number of benzene rings is 1. The standard InChI is InChI=1S/C21H23N5O3S/c1-13(2)20(27)22-8-9-26-21(28)30-12-16(24-26)14-6-7-17-15(11-14)23-19(25(17)3)18-5-4-10-29-18/h4-7,10-11,13H,8-9,12H2,1-3H3,(H,22,27). The number of fused-ring (bicyclic) bond motifs is 1. The van der Waals surface area contributed by atoms with E-state index < -0.39 is 0 Å². The topological polar surface area (TPSA) is 92.7 Å². The Bertz CT molecular complexity index is 1120. The highest BCUT2D eigenvalue weighted by Crippen LogP contribution is 2.26. The van der Waals surface area contributed by atoms with E-state index >= 15 is 0 Å². The zero-order valence-electron chi connectivity index (χ0n) is 17.1. The molecular formula is C21H23N5O3S. The number of imidazole rings is 1. The summed E-state index contributed by atoms with van der Waals surface area (Å²) in [5.41, 5.74) is 3.55. The smallest absolute Gasteiger partial charge is 0.302 e. The lowest BCUT2D eigenvalue weighted by molar-refractivity contribution is -0.124. The number of hydrogen-bond acceptors (Lipinski definition) is 6. The molecule has 9 heteroatoms. The zero-order chi connectivity index (χ0) is 21.3. The summed E-state index contributed by atoms with van der Waals surface area (Å²) in [6.45, 7) is 4.37. The summed E-state index contributed by atoms with van der Waals surface area (Å²) in [6, 6.07) is 9.69. The number of nitrogens with one attached hydrogen (secondary N) is 1. The Hall–Kier alpha value is -3.07. The monoisotopic (exact) mass is 425 g/mol. The molecule has 1 aromatic carbocycles. The minimum absolute atomic E-state index is 0.0377. The maximum atomic E-state index is 12.2. The minimum Gasteiger partial charge on any atom is -0.461 e. The van der Waals surface area contributed by atoms with Gasteiger partial charge >= 0.3 is 5.24 Å². The van der Waals surface area contributed by atoms with E-state index in [2.05, 4.69) is 10.4 Å². The van der Waals surface area contributed by atoms with Crippen LogP contribution in [0.4, 0.5) is 4.79 Å². The number of aryl methyl sites for hydroxylation is 1. The van der Waals surface area contributed by atoms with Gasteiger partial charge in [0.15, 0.2) is 11.6 Å². The van der Waals surface area contributed by atoms with E-state index in [0.29, 0.717) is 24.6 Å². The van der Waals surface area contributed by atoms with E-state index in [1.165, 1.54) is 16.8 Å². The molecule has 0 saturated carbocycles. The van der Waals surface area contributed by atoms with Gasteiger partial charge < -0.3 is 14.3 Å². The fourth-order valence-corrected chi connectivity index (χ4v) is 3.96. The van der Waals surface area contributed by atoms with Crippen molar-refractivity contribution in [2.75, 3.05) is 18.8 Å². The molecule has 0 radical (unpaired) electrons. The molecule has 2 aromatic heterocycles. The molecule has 0 saturated heterocycles. The summed E-state index contributed by atoms with van der Waals surface area (Å²) < 4.78 is 7.48. The Morgan fingerprint density at radius 2 is 2.17 bits per heavy atom. The molecule has 0 spiro atoms. The first kappa shape index (κ1) is 20.2. The second-order valence-corrected chi connectivity index (χ2v) is 8.27. The third kappa shape index (κ3) is 3.97.